The van der Waals surface area contributed by atoms with Crippen molar-refractivity contribution >= 4 is 22.9 Å². The maximum Gasteiger partial charge on any atom is 0.260 e. The van der Waals surface area contributed by atoms with Gasteiger partial charge >= 0.3 is 0 Å². The molecule has 2 aromatic carbocycles. The lowest BCUT2D eigenvalue weighted by Gasteiger charge is -2.20. The monoisotopic (exact) mass is 382 g/mol. The third-order valence-electron chi connectivity index (χ3n) is 5.10. The van der Waals surface area contributed by atoms with Crippen molar-refractivity contribution in [2.45, 2.75) is 26.5 Å². The highest BCUT2D eigenvalue weighted by atomic mass is 19.1. The van der Waals surface area contributed by atoms with Crippen molar-refractivity contribution in [1.82, 2.24) is 4.90 Å². The Balaban J connectivity index is 1.67. The number of anilines is 1. The van der Waals surface area contributed by atoms with Crippen LogP contribution in [0.15, 0.2) is 36.4 Å². The van der Waals surface area contributed by atoms with Gasteiger partial charge in [-0.05, 0) is 36.7 Å². The summed E-state index contributed by atoms with van der Waals surface area (Å²) in [4.78, 5) is 14.7. The van der Waals surface area contributed by atoms with Gasteiger partial charge in [-0.3, -0.25) is 9.69 Å². The molecule has 0 aliphatic carbocycles. The van der Waals surface area contributed by atoms with Crippen LogP contribution >= 0.6 is 0 Å². The summed E-state index contributed by atoms with van der Waals surface area (Å²) in [6, 6.07) is 10.3. The molecule has 0 saturated heterocycles. The van der Waals surface area contributed by atoms with Gasteiger partial charge in [-0.1, -0.05) is 25.1 Å². The van der Waals surface area contributed by atoms with Crippen LogP contribution in [0.1, 0.15) is 35.6 Å². The standard InChI is InChI=1S/C22H23FN2O3/c1-2-7-25(8-9-26)12-14-3-5-17-15(10-14)13-28-21(17)20-18-11-16(23)4-6-19(18)24-22(20)27/h3-6,10-11,26H,2,7-9,12-13H2,1H3,(H,24,27). The third-order valence-corrected chi connectivity index (χ3v) is 5.10. The number of rotatable bonds is 6. The van der Waals surface area contributed by atoms with Crippen LogP contribution in [0.3, 0.4) is 0 Å². The molecule has 0 aromatic heterocycles. The second-order valence-electron chi connectivity index (χ2n) is 7.13. The number of aliphatic hydroxyl groups excluding tert-OH is 1. The van der Waals surface area contributed by atoms with Gasteiger partial charge in [0.15, 0.2) is 0 Å². The van der Waals surface area contributed by atoms with E-state index in [1.54, 1.807) is 6.07 Å². The first-order valence-corrected chi connectivity index (χ1v) is 9.54. The maximum atomic E-state index is 13.7. The summed E-state index contributed by atoms with van der Waals surface area (Å²) in [5.74, 6) is -0.157. The fraction of sp³-hybridized carbons (Fsp3) is 0.318. The summed E-state index contributed by atoms with van der Waals surface area (Å²) in [5, 5.41) is 12.0. The van der Waals surface area contributed by atoms with Crippen LogP contribution in [0, 0.1) is 5.82 Å². The van der Waals surface area contributed by atoms with Crippen LogP contribution in [-0.4, -0.2) is 35.6 Å². The Bertz CT molecular complexity index is 949. The first kappa shape index (κ1) is 18.7. The van der Waals surface area contributed by atoms with E-state index in [2.05, 4.69) is 23.2 Å². The van der Waals surface area contributed by atoms with E-state index in [4.69, 9.17) is 4.74 Å². The number of benzene rings is 2. The Morgan fingerprint density at radius 2 is 2.04 bits per heavy atom. The van der Waals surface area contributed by atoms with E-state index in [1.807, 2.05) is 12.1 Å². The lowest BCUT2D eigenvalue weighted by Crippen LogP contribution is -2.27. The second-order valence-corrected chi connectivity index (χ2v) is 7.13. The van der Waals surface area contributed by atoms with Gasteiger partial charge in [-0.15, -0.1) is 0 Å². The SMILES string of the molecule is CCCN(CCO)Cc1ccc2c(c1)COC2=C1C(=O)Nc2ccc(F)cc21. The molecule has 28 heavy (non-hydrogen) atoms. The second kappa shape index (κ2) is 7.73. The highest BCUT2D eigenvalue weighted by Crippen LogP contribution is 2.41. The summed E-state index contributed by atoms with van der Waals surface area (Å²) in [5.41, 5.74) is 4.54. The minimum absolute atomic E-state index is 0.134. The molecule has 146 valence electrons. The highest BCUT2D eigenvalue weighted by molar-refractivity contribution is 6.36. The van der Waals surface area contributed by atoms with Crippen molar-refractivity contribution in [3.63, 3.8) is 0 Å². The number of halogens is 1. The molecule has 0 radical (unpaired) electrons. The van der Waals surface area contributed by atoms with Crippen molar-refractivity contribution in [3.05, 3.63) is 64.5 Å². The molecule has 2 aliphatic heterocycles. The molecular formula is C22H23FN2O3. The maximum absolute atomic E-state index is 13.7. The van der Waals surface area contributed by atoms with Gasteiger partial charge < -0.3 is 15.2 Å². The summed E-state index contributed by atoms with van der Waals surface area (Å²) in [6.07, 6.45) is 1.02. The largest absolute Gasteiger partial charge is 0.487 e. The van der Waals surface area contributed by atoms with Crippen molar-refractivity contribution in [2.24, 2.45) is 0 Å². The highest BCUT2D eigenvalue weighted by Gasteiger charge is 2.32. The van der Waals surface area contributed by atoms with Crippen LogP contribution in [0.4, 0.5) is 10.1 Å². The molecule has 0 atom stereocenters. The molecule has 2 aromatic rings. The predicted octanol–water partition coefficient (Wildman–Crippen LogP) is 3.38. The number of hydrogen-bond donors (Lipinski definition) is 2. The number of nitrogens with one attached hydrogen (secondary N) is 1. The van der Waals surface area contributed by atoms with E-state index >= 15 is 0 Å². The van der Waals surface area contributed by atoms with E-state index in [9.17, 15) is 14.3 Å². The van der Waals surface area contributed by atoms with Gasteiger partial charge in [-0.25, -0.2) is 4.39 Å². The van der Waals surface area contributed by atoms with Crippen molar-refractivity contribution in [2.75, 3.05) is 25.0 Å². The average Bonchev–Trinajstić information content (AvgIpc) is 3.21. The van der Waals surface area contributed by atoms with Crippen LogP contribution < -0.4 is 5.32 Å². The van der Waals surface area contributed by atoms with Crippen molar-refractivity contribution in [3.8, 4) is 0 Å². The molecule has 0 unspecified atom stereocenters. The molecule has 5 nitrogen and oxygen atoms in total. The van der Waals surface area contributed by atoms with Gasteiger partial charge in [0, 0.05) is 35.5 Å². The molecule has 4 rings (SSSR count). The quantitative estimate of drug-likeness (QED) is 0.752. The Labute approximate surface area is 163 Å². The molecule has 0 fully saturated rings. The molecule has 2 N–H and O–H groups in total. The Morgan fingerprint density at radius 3 is 2.82 bits per heavy atom. The zero-order valence-corrected chi connectivity index (χ0v) is 15.8. The lowest BCUT2D eigenvalue weighted by molar-refractivity contribution is -0.110. The van der Waals surface area contributed by atoms with E-state index in [0.717, 1.165) is 36.2 Å². The number of nitrogens with zero attached hydrogens (tertiary/aromatic N) is 1. The lowest BCUT2D eigenvalue weighted by atomic mass is 9.99. The number of aliphatic hydroxyl groups is 1. The Kier molecular flexibility index (Phi) is 5.15. The van der Waals surface area contributed by atoms with Gasteiger partial charge in [-0.2, -0.15) is 0 Å². The van der Waals surface area contributed by atoms with Crippen LogP contribution in [0.5, 0.6) is 0 Å². The zero-order chi connectivity index (χ0) is 19.7. The first-order valence-electron chi connectivity index (χ1n) is 9.54. The number of carbonyl (C=O) groups excluding carboxylic acids is 1. The van der Waals surface area contributed by atoms with Gasteiger partial charge in [0.1, 0.15) is 18.2 Å². The zero-order valence-electron chi connectivity index (χ0n) is 15.8. The number of fused-ring (bicyclic) bond motifs is 2. The fourth-order valence-electron chi connectivity index (χ4n) is 3.87. The molecule has 1 amide bonds. The summed E-state index contributed by atoms with van der Waals surface area (Å²) in [6.45, 7) is 4.95. The Hall–Kier alpha value is -2.70. The van der Waals surface area contributed by atoms with E-state index in [0.29, 0.717) is 35.7 Å². The topological polar surface area (TPSA) is 61.8 Å². The first-order chi connectivity index (χ1) is 13.6. The van der Waals surface area contributed by atoms with Crippen LogP contribution in [0.25, 0.3) is 11.3 Å². The molecule has 0 spiro atoms. The Morgan fingerprint density at radius 1 is 1.18 bits per heavy atom. The van der Waals surface area contributed by atoms with Crippen LogP contribution in [-0.2, 0) is 22.7 Å². The predicted molar refractivity (Wildman–Crippen MR) is 106 cm³/mol. The minimum Gasteiger partial charge on any atom is -0.487 e. The van der Waals surface area contributed by atoms with Gasteiger partial charge in [0.05, 0.1) is 12.2 Å². The van der Waals surface area contributed by atoms with E-state index in [1.165, 1.54) is 12.1 Å². The summed E-state index contributed by atoms with van der Waals surface area (Å²) in [7, 11) is 0. The molecule has 2 heterocycles. The number of carbonyl (C=O) groups is 1. The minimum atomic E-state index is -0.387. The molecule has 0 bridgehead atoms. The summed E-state index contributed by atoms with van der Waals surface area (Å²) >= 11 is 0. The summed E-state index contributed by atoms with van der Waals surface area (Å²) < 4.78 is 19.6. The smallest absolute Gasteiger partial charge is 0.260 e. The molecular weight excluding hydrogens is 359 g/mol. The molecule has 6 heteroatoms. The van der Waals surface area contributed by atoms with E-state index < -0.39 is 0 Å². The van der Waals surface area contributed by atoms with Gasteiger partial charge in [0.2, 0.25) is 0 Å². The fourth-order valence-corrected chi connectivity index (χ4v) is 3.87. The molecule has 0 saturated carbocycles. The van der Waals surface area contributed by atoms with Gasteiger partial charge in [0.25, 0.3) is 5.91 Å². The number of ether oxygens (including phenoxy) is 1. The van der Waals surface area contributed by atoms with Crippen LogP contribution in [0.2, 0.25) is 0 Å². The number of amides is 1. The van der Waals surface area contributed by atoms with Crippen molar-refractivity contribution in [1.29, 1.82) is 0 Å². The third kappa shape index (κ3) is 3.41. The number of hydrogen-bond acceptors (Lipinski definition) is 4. The van der Waals surface area contributed by atoms with Crippen molar-refractivity contribution < 1.29 is 19.0 Å². The average molecular weight is 382 g/mol. The molecule has 2 aliphatic rings. The normalized spacial score (nSPS) is 17.5. The van der Waals surface area contributed by atoms with E-state index in [-0.39, 0.29) is 18.3 Å².